The van der Waals surface area contributed by atoms with E-state index in [1.54, 1.807) is 6.26 Å². The summed E-state index contributed by atoms with van der Waals surface area (Å²) in [6.45, 7) is 5.73. The number of nitrogens with one attached hydrogen (secondary N) is 2. The monoisotopic (exact) mass is 459 g/mol. The zero-order valence-electron chi connectivity index (χ0n) is 14.6. The molecule has 1 aromatic carbocycles. The second kappa shape index (κ2) is 11.8. The molecule has 0 amide bonds. The second-order valence-corrected chi connectivity index (χ2v) is 5.44. The van der Waals surface area contributed by atoms with E-state index < -0.39 is 6.10 Å². The molecular weight excluding hydrogens is 433 g/mol. The van der Waals surface area contributed by atoms with E-state index in [9.17, 15) is 5.11 Å². The molecule has 0 saturated heterocycles. The fourth-order valence-corrected chi connectivity index (χ4v) is 2.07. The fraction of sp³-hybridized carbons (Fsp3) is 0.389. The highest BCUT2D eigenvalue weighted by Gasteiger charge is 2.07. The minimum atomic E-state index is -0.641. The van der Waals surface area contributed by atoms with Crippen LogP contribution in [0.5, 0.6) is 5.75 Å². The molecule has 2 rings (SSSR count). The van der Waals surface area contributed by atoms with Crippen molar-refractivity contribution < 1.29 is 14.3 Å². The van der Waals surface area contributed by atoms with Crippen molar-refractivity contribution in [1.29, 1.82) is 0 Å². The molecule has 2 aromatic rings. The molecule has 0 fully saturated rings. The summed E-state index contributed by atoms with van der Waals surface area (Å²) in [6, 6.07) is 11.5. The van der Waals surface area contributed by atoms with Gasteiger partial charge in [0.15, 0.2) is 5.96 Å². The van der Waals surface area contributed by atoms with E-state index in [1.165, 1.54) is 0 Å². The first kappa shape index (κ1) is 21.3. The lowest BCUT2D eigenvalue weighted by Crippen LogP contribution is -2.42. The SMILES string of the molecule is CCNC(=NCc1ccco1)NCC(O)COc1cccc(C)c1.I. The highest BCUT2D eigenvalue weighted by molar-refractivity contribution is 14.0. The van der Waals surface area contributed by atoms with E-state index in [2.05, 4.69) is 15.6 Å². The number of furan rings is 1. The van der Waals surface area contributed by atoms with Gasteiger partial charge >= 0.3 is 0 Å². The van der Waals surface area contributed by atoms with Crippen molar-refractivity contribution in [3.63, 3.8) is 0 Å². The molecule has 1 atom stereocenters. The summed E-state index contributed by atoms with van der Waals surface area (Å²) < 4.78 is 10.8. The molecule has 0 spiro atoms. The number of hydrogen-bond donors (Lipinski definition) is 3. The lowest BCUT2D eigenvalue weighted by molar-refractivity contribution is 0.110. The van der Waals surface area contributed by atoms with Crippen molar-refractivity contribution in [2.75, 3.05) is 19.7 Å². The van der Waals surface area contributed by atoms with Crippen molar-refractivity contribution in [2.45, 2.75) is 26.5 Å². The van der Waals surface area contributed by atoms with Gasteiger partial charge in [-0.05, 0) is 43.7 Å². The van der Waals surface area contributed by atoms with Gasteiger partial charge in [0.05, 0.1) is 6.26 Å². The molecule has 25 heavy (non-hydrogen) atoms. The number of rotatable bonds is 8. The van der Waals surface area contributed by atoms with E-state index in [1.807, 2.05) is 50.2 Å². The summed E-state index contributed by atoms with van der Waals surface area (Å²) in [4.78, 5) is 4.41. The number of nitrogens with zero attached hydrogens (tertiary/aromatic N) is 1. The van der Waals surface area contributed by atoms with Gasteiger partial charge in [0.25, 0.3) is 0 Å². The van der Waals surface area contributed by atoms with Crippen LogP contribution in [0, 0.1) is 6.92 Å². The number of halogens is 1. The van der Waals surface area contributed by atoms with E-state index >= 15 is 0 Å². The first-order chi connectivity index (χ1) is 11.7. The first-order valence-electron chi connectivity index (χ1n) is 8.09. The molecule has 1 unspecified atom stereocenters. The number of aliphatic imine (C=N–C) groups is 1. The number of aryl methyl sites for hydroxylation is 1. The van der Waals surface area contributed by atoms with Gasteiger partial charge in [-0.15, -0.1) is 24.0 Å². The maximum absolute atomic E-state index is 10.1. The van der Waals surface area contributed by atoms with Crippen LogP contribution in [0.3, 0.4) is 0 Å². The molecule has 0 radical (unpaired) electrons. The van der Waals surface area contributed by atoms with E-state index in [0.29, 0.717) is 19.0 Å². The second-order valence-electron chi connectivity index (χ2n) is 5.44. The van der Waals surface area contributed by atoms with Crippen molar-refractivity contribution in [3.8, 4) is 5.75 Å². The van der Waals surface area contributed by atoms with Crippen molar-refractivity contribution in [2.24, 2.45) is 4.99 Å². The average molecular weight is 459 g/mol. The predicted octanol–water partition coefficient (Wildman–Crippen LogP) is 2.70. The molecule has 138 valence electrons. The molecule has 7 heteroatoms. The molecule has 0 aliphatic heterocycles. The predicted molar refractivity (Wildman–Crippen MR) is 110 cm³/mol. The Kier molecular flexibility index (Phi) is 10.0. The number of benzene rings is 1. The quantitative estimate of drug-likeness (QED) is 0.322. The van der Waals surface area contributed by atoms with Crippen LogP contribution in [-0.2, 0) is 6.54 Å². The van der Waals surface area contributed by atoms with Gasteiger partial charge in [-0.25, -0.2) is 4.99 Å². The summed E-state index contributed by atoms with van der Waals surface area (Å²) in [5.74, 6) is 2.17. The summed E-state index contributed by atoms with van der Waals surface area (Å²) in [5.41, 5.74) is 1.12. The van der Waals surface area contributed by atoms with Crippen LogP contribution in [0.25, 0.3) is 0 Å². The van der Waals surface area contributed by atoms with Crippen LogP contribution in [-0.4, -0.2) is 36.9 Å². The molecule has 1 heterocycles. The van der Waals surface area contributed by atoms with Gasteiger partial charge in [0.1, 0.15) is 30.8 Å². The van der Waals surface area contributed by atoms with Crippen LogP contribution in [0.15, 0.2) is 52.1 Å². The van der Waals surface area contributed by atoms with Gasteiger partial charge in [-0.2, -0.15) is 0 Å². The number of ether oxygens (including phenoxy) is 1. The van der Waals surface area contributed by atoms with Crippen LogP contribution in [0.4, 0.5) is 0 Å². The van der Waals surface area contributed by atoms with E-state index in [0.717, 1.165) is 23.6 Å². The van der Waals surface area contributed by atoms with Crippen molar-refractivity contribution >= 4 is 29.9 Å². The Bertz CT molecular complexity index is 632. The Hall–Kier alpha value is -1.74. The maximum atomic E-state index is 10.1. The van der Waals surface area contributed by atoms with E-state index in [4.69, 9.17) is 9.15 Å². The number of hydrogen-bond acceptors (Lipinski definition) is 4. The largest absolute Gasteiger partial charge is 0.491 e. The zero-order valence-corrected chi connectivity index (χ0v) is 16.9. The third kappa shape index (κ3) is 8.26. The van der Waals surface area contributed by atoms with Gasteiger partial charge in [0.2, 0.25) is 0 Å². The molecule has 0 aliphatic rings. The third-order valence-electron chi connectivity index (χ3n) is 3.25. The topological polar surface area (TPSA) is 79.0 Å². The highest BCUT2D eigenvalue weighted by atomic mass is 127. The maximum Gasteiger partial charge on any atom is 0.191 e. The minimum absolute atomic E-state index is 0. The molecule has 3 N–H and O–H groups in total. The third-order valence-corrected chi connectivity index (χ3v) is 3.25. The van der Waals surface area contributed by atoms with E-state index in [-0.39, 0.29) is 30.6 Å². The number of aliphatic hydroxyl groups is 1. The lowest BCUT2D eigenvalue weighted by Gasteiger charge is -2.16. The fourth-order valence-electron chi connectivity index (χ4n) is 2.07. The molecule has 0 aliphatic carbocycles. The Morgan fingerprint density at radius 3 is 2.80 bits per heavy atom. The highest BCUT2D eigenvalue weighted by Crippen LogP contribution is 2.12. The summed E-state index contributed by atoms with van der Waals surface area (Å²) in [7, 11) is 0. The molecular formula is C18H26IN3O3. The van der Waals surface area contributed by atoms with Crippen LogP contribution in [0.2, 0.25) is 0 Å². The Labute approximate surface area is 165 Å². The average Bonchev–Trinajstić information content (AvgIpc) is 3.09. The number of guanidine groups is 1. The molecule has 6 nitrogen and oxygen atoms in total. The summed E-state index contributed by atoms with van der Waals surface area (Å²) in [6.07, 6.45) is 0.982. The van der Waals surface area contributed by atoms with Crippen LogP contribution < -0.4 is 15.4 Å². The zero-order chi connectivity index (χ0) is 17.2. The standard InChI is InChI=1S/C18H25N3O3.HI/c1-3-19-18(21-12-17-8-5-9-23-17)20-11-15(22)13-24-16-7-4-6-14(2)10-16;/h4-10,15,22H,3,11-13H2,1-2H3,(H2,19,20,21);1H. The Morgan fingerprint density at radius 1 is 1.28 bits per heavy atom. The van der Waals surface area contributed by atoms with Gasteiger partial charge in [-0.1, -0.05) is 12.1 Å². The Balaban J connectivity index is 0.00000312. The smallest absolute Gasteiger partial charge is 0.191 e. The van der Waals surface area contributed by atoms with Crippen LogP contribution >= 0.6 is 24.0 Å². The Morgan fingerprint density at radius 2 is 2.12 bits per heavy atom. The number of aliphatic hydroxyl groups excluding tert-OH is 1. The molecule has 0 saturated carbocycles. The van der Waals surface area contributed by atoms with Crippen LogP contribution in [0.1, 0.15) is 18.2 Å². The van der Waals surface area contributed by atoms with Crippen molar-refractivity contribution in [3.05, 3.63) is 54.0 Å². The van der Waals surface area contributed by atoms with Gasteiger partial charge < -0.3 is 24.9 Å². The van der Waals surface area contributed by atoms with Crippen molar-refractivity contribution in [1.82, 2.24) is 10.6 Å². The molecule has 1 aromatic heterocycles. The minimum Gasteiger partial charge on any atom is -0.491 e. The lowest BCUT2D eigenvalue weighted by atomic mass is 10.2. The van der Waals surface area contributed by atoms with Gasteiger partial charge in [0, 0.05) is 13.1 Å². The normalized spacial score (nSPS) is 12.2. The summed E-state index contributed by atoms with van der Waals surface area (Å²) in [5, 5.41) is 16.3. The summed E-state index contributed by atoms with van der Waals surface area (Å²) >= 11 is 0. The molecule has 0 bridgehead atoms. The van der Waals surface area contributed by atoms with Gasteiger partial charge in [-0.3, -0.25) is 0 Å². The first-order valence-corrected chi connectivity index (χ1v) is 8.09.